The van der Waals surface area contributed by atoms with Crippen molar-refractivity contribution in [3.8, 4) is 0 Å². The Hall–Kier alpha value is -1.66. The van der Waals surface area contributed by atoms with Crippen LogP contribution in [-0.4, -0.2) is 42.4 Å². The highest BCUT2D eigenvalue weighted by molar-refractivity contribution is 6.30. The number of unbranched alkanes of at least 4 members (excludes halogenated alkanes) is 1. The third kappa shape index (κ3) is 5.68. The smallest absolute Gasteiger partial charge is 0.241 e. The SMILES string of the molecule is CCCCNC(=O)C1CCN([C@@H](C)C(=O)Nc2ccc(Cl)cc2F)CC1. The van der Waals surface area contributed by atoms with Gasteiger partial charge in [-0.1, -0.05) is 24.9 Å². The van der Waals surface area contributed by atoms with Gasteiger partial charge in [0.05, 0.1) is 11.7 Å². The number of rotatable bonds is 7. The maximum absolute atomic E-state index is 13.8. The number of carbonyl (C=O) groups excluding carboxylic acids is 2. The van der Waals surface area contributed by atoms with E-state index in [-0.39, 0.29) is 28.4 Å². The number of benzene rings is 1. The second-order valence-corrected chi connectivity index (χ2v) is 7.18. The van der Waals surface area contributed by atoms with Crippen molar-refractivity contribution in [1.29, 1.82) is 0 Å². The number of amides is 2. The van der Waals surface area contributed by atoms with Crippen LogP contribution in [0.2, 0.25) is 5.02 Å². The molecule has 144 valence electrons. The Balaban J connectivity index is 1.82. The molecule has 0 bridgehead atoms. The largest absolute Gasteiger partial charge is 0.356 e. The first-order valence-electron chi connectivity index (χ1n) is 9.20. The molecule has 0 saturated carbocycles. The van der Waals surface area contributed by atoms with E-state index >= 15 is 0 Å². The summed E-state index contributed by atoms with van der Waals surface area (Å²) in [5.74, 6) is -0.705. The van der Waals surface area contributed by atoms with E-state index in [1.165, 1.54) is 18.2 Å². The lowest BCUT2D eigenvalue weighted by Crippen LogP contribution is -2.48. The van der Waals surface area contributed by atoms with Crippen LogP contribution in [0.1, 0.15) is 39.5 Å². The van der Waals surface area contributed by atoms with E-state index in [9.17, 15) is 14.0 Å². The minimum atomic E-state index is -0.555. The molecule has 26 heavy (non-hydrogen) atoms. The fourth-order valence-corrected chi connectivity index (χ4v) is 3.23. The van der Waals surface area contributed by atoms with Crippen molar-refractivity contribution >= 4 is 29.1 Å². The van der Waals surface area contributed by atoms with Crippen LogP contribution in [-0.2, 0) is 9.59 Å². The van der Waals surface area contributed by atoms with Gasteiger partial charge >= 0.3 is 0 Å². The standard InChI is InChI=1S/C19H27ClFN3O2/c1-3-4-9-22-19(26)14-7-10-24(11-8-14)13(2)18(25)23-17-6-5-15(20)12-16(17)21/h5-6,12-14H,3-4,7-11H2,1-2H3,(H,22,26)(H,23,25)/t13-/m0/s1. The fraction of sp³-hybridized carbons (Fsp3) is 0.579. The van der Waals surface area contributed by atoms with Crippen molar-refractivity contribution in [2.45, 2.75) is 45.6 Å². The van der Waals surface area contributed by atoms with Gasteiger partial charge in [0.1, 0.15) is 5.82 Å². The molecule has 1 aliphatic rings. The van der Waals surface area contributed by atoms with Crippen molar-refractivity contribution in [2.75, 3.05) is 25.0 Å². The predicted octanol–water partition coefficient (Wildman–Crippen LogP) is 3.43. The van der Waals surface area contributed by atoms with Crippen LogP contribution in [0.4, 0.5) is 10.1 Å². The molecule has 1 atom stereocenters. The number of nitrogens with zero attached hydrogens (tertiary/aromatic N) is 1. The normalized spacial score (nSPS) is 16.9. The van der Waals surface area contributed by atoms with Gasteiger partial charge in [-0.2, -0.15) is 0 Å². The fourth-order valence-electron chi connectivity index (χ4n) is 3.08. The summed E-state index contributed by atoms with van der Waals surface area (Å²) in [4.78, 5) is 26.6. The maximum Gasteiger partial charge on any atom is 0.241 e. The summed E-state index contributed by atoms with van der Waals surface area (Å²) in [5, 5.41) is 5.87. The number of nitrogens with one attached hydrogen (secondary N) is 2. The summed E-state index contributed by atoms with van der Waals surface area (Å²) >= 11 is 5.72. The summed E-state index contributed by atoms with van der Waals surface area (Å²) < 4.78 is 13.8. The van der Waals surface area contributed by atoms with Crippen molar-refractivity contribution in [3.05, 3.63) is 29.0 Å². The lowest BCUT2D eigenvalue weighted by Gasteiger charge is -2.34. The van der Waals surface area contributed by atoms with E-state index in [0.29, 0.717) is 13.1 Å². The Morgan fingerprint density at radius 3 is 2.65 bits per heavy atom. The first-order chi connectivity index (χ1) is 12.4. The van der Waals surface area contributed by atoms with Crippen LogP contribution in [0.5, 0.6) is 0 Å². The van der Waals surface area contributed by atoms with Crippen LogP contribution in [0.15, 0.2) is 18.2 Å². The summed E-state index contributed by atoms with van der Waals surface area (Å²) in [6.07, 6.45) is 3.50. The Bertz CT molecular complexity index is 633. The molecule has 0 spiro atoms. The van der Waals surface area contributed by atoms with Crippen molar-refractivity contribution < 1.29 is 14.0 Å². The second-order valence-electron chi connectivity index (χ2n) is 6.74. The lowest BCUT2D eigenvalue weighted by molar-refractivity contribution is -0.127. The molecule has 1 aromatic rings. The minimum absolute atomic E-state index is 0.00655. The van der Waals surface area contributed by atoms with Gasteiger partial charge in [0.15, 0.2) is 0 Å². The number of carbonyl (C=O) groups is 2. The zero-order valence-electron chi connectivity index (χ0n) is 15.4. The highest BCUT2D eigenvalue weighted by atomic mass is 35.5. The zero-order valence-corrected chi connectivity index (χ0v) is 16.1. The average Bonchev–Trinajstić information content (AvgIpc) is 2.63. The molecular formula is C19H27ClFN3O2. The number of halogens is 2. The van der Waals surface area contributed by atoms with Gasteiger partial charge in [-0.25, -0.2) is 4.39 Å². The van der Waals surface area contributed by atoms with E-state index in [0.717, 1.165) is 32.2 Å². The molecule has 2 rings (SSSR count). The van der Waals surface area contributed by atoms with Crippen LogP contribution in [0, 0.1) is 11.7 Å². The zero-order chi connectivity index (χ0) is 19.1. The average molecular weight is 384 g/mol. The van der Waals surface area contributed by atoms with E-state index < -0.39 is 11.9 Å². The molecule has 1 aromatic carbocycles. The Morgan fingerprint density at radius 1 is 1.35 bits per heavy atom. The number of anilines is 1. The molecule has 0 aliphatic carbocycles. The van der Waals surface area contributed by atoms with Gasteiger partial charge in [0.25, 0.3) is 0 Å². The van der Waals surface area contributed by atoms with Crippen molar-refractivity contribution in [2.24, 2.45) is 5.92 Å². The van der Waals surface area contributed by atoms with Crippen molar-refractivity contribution in [1.82, 2.24) is 10.2 Å². The molecule has 7 heteroatoms. The minimum Gasteiger partial charge on any atom is -0.356 e. The van der Waals surface area contributed by atoms with Gasteiger partial charge in [0, 0.05) is 17.5 Å². The molecule has 5 nitrogen and oxygen atoms in total. The number of hydrogen-bond donors (Lipinski definition) is 2. The van der Waals surface area contributed by atoms with Gasteiger partial charge in [-0.15, -0.1) is 0 Å². The number of hydrogen-bond acceptors (Lipinski definition) is 3. The summed E-state index contributed by atoms with van der Waals surface area (Å²) in [6, 6.07) is 3.77. The molecule has 0 aromatic heterocycles. The number of likely N-dealkylation sites (tertiary alicyclic amines) is 1. The van der Waals surface area contributed by atoms with Crippen LogP contribution >= 0.6 is 11.6 Å². The molecule has 1 fully saturated rings. The van der Waals surface area contributed by atoms with E-state index in [4.69, 9.17) is 11.6 Å². The topological polar surface area (TPSA) is 61.4 Å². The monoisotopic (exact) mass is 383 g/mol. The second kappa shape index (κ2) is 9.88. The molecule has 2 N–H and O–H groups in total. The van der Waals surface area contributed by atoms with Gasteiger partial charge < -0.3 is 10.6 Å². The quantitative estimate of drug-likeness (QED) is 0.709. The predicted molar refractivity (Wildman–Crippen MR) is 102 cm³/mol. The Kier molecular flexibility index (Phi) is 7.85. The Labute approximate surface area is 159 Å². The lowest BCUT2D eigenvalue weighted by atomic mass is 9.95. The van der Waals surface area contributed by atoms with Gasteiger partial charge in [-0.3, -0.25) is 14.5 Å². The first-order valence-corrected chi connectivity index (χ1v) is 9.57. The highest BCUT2D eigenvalue weighted by Gasteiger charge is 2.29. The molecule has 2 amide bonds. The van der Waals surface area contributed by atoms with Gasteiger partial charge in [-0.05, 0) is 57.5 Å². The molecule has 1 saturated heterocycles. The van der Waals surface area contributed by atoms with Crippen LogP contribution in [0.3, 0.4) is 0 Å². The molecule has 0 unspecified atom stereocenters. The van der Waals surface area contributed by atoms with Gasteiger partial charge in [0.2, 0.25) is 11.8 Å². The maximum atomic E-state index is 13.8. The molecular weight excluding hydrogens is 357 g/mol. The van der Waals surface area contributed by atoms with E-state index in [2.05, 4.69) is 17.6 Å². The number of piperidine rings is 1. The van der Waals surface area contributed by atoms with Crippen LogP contribution in [0.25, 0.3) is 0 Å². The summed E-state index contributed by atoms with van der Waals surface area (Å²) in [7, 11) is 0. The third-order valence-corrected chi connectivity index (χ3v) is 5.08. The molecule has 1 heterocycles. The molecule has 1 aliphatic heterocycles. The van der Waals surface area contributed by atoms with E-state index in [1.54, 1.807) is 6.92 Å². The van der Waals surface area contributed by atoms with E-state index in [1.807, 2.05) is 4.90 Å². The molecule has 0 radical (unpaired) electrons. The first kappa shape index (κ1) is 20.6. The van der Waals surface area contributed by atoms with Crippen molar-refractivity contribution in [3.63, 3.8) is 0 Å². The Morgan fingerprint density at radius 2 is 2.04 bits per heavy atom. The third-order valence-electron chi connectivity index (χ3n) is 4.85. The summed E-state index contributed by atoms with van der Waals surface area (Å²) in [6.45, 7) is 5.95. The van der Waals surface area contributed by atoms with Crippen LogP contribution < -0.4 is 10.6 Å². The highest BCUT2D eigenvalue weighted by Crippen LogP contribution is 2.22. The summed E-state index contributed by atoms with van der Waals surface area (Å²) in [5.41, 5.74) is 0.122.